The maximum atomic E-state index is 11.9. The number of furan rings is 1. The lowest BCUT2D eigenvalue weighted by atomic mass is 9.98. The lowest BCUT2D eigenvalue weighted by Gasteiger charge is -2.27. The van der Waals surface area contributed by atoms with Gasteiger partial charge in [-0.05, 0) is 28.8 Å². The molecule has 16 heavy (non-hydrogen) atoms. The molecule has 1 aliphatic carbocycles. The zero-order chi connectivity index (χ0) is 11.6. The minimum atomic E-state index is -0.430. The highest BCUT2D eigenvalue weighted by Crippen LogP contribution is 2.29. The SMILES string of the molecule is O=C(NC1(CO)CCCC1)c1coc(Br)c1. The second-order valence-electron chi connectivity index (χ2n) is 4.24. The summed E-state index contributed by atoms with van der Waals surface area (Å²) in [5.74, 6) is -0.189. The summed E-state index contributed by atoms with van der Waals surface area (Å²) in [4.78, 5) is 11.9. The summed E-state index contributed by atoms with van der Waals surface area (Å²) in [5, 5.41) is 12.3. The Kier molecular flexibility index (Phi) is 3.35. The molecule has 88 valence electrons. The molecular formula is C11H14BrNO3. The van der Waals surface area contributed by atoms with Crippen LogP contribution < -0.4 is 5.32 Å². The number of aliphatic hydroxyl groups is 1. The van der Waals surface area contributed by atoms with Crippen molar-refractivity contribution in [1.82, 2.24) is 5.32 Å². The molecule has 0 unspecified atom stereocenters. The molecule has 0 bridgehead atoms. The molecule has 1 aromatic heterocycles. The molecule has 1 fully saturated rings. The topological polar surface area (TPSA) is 62.5 Å². The number of nitrogens with one attached hydrogen (secondary N) is 1. The number of rotatable bonds is 3. The quantitative estimate of drug-likeness (QED) is 0.895. The Balaban J connectivity index is 2.06. The van der Waals surface area contributed by atoms with E-state index < -0.39 is 5.54 Å². The molecule has 0 radical (unpaired) electrons. The van der Waals surface area contributed by atoms with E-state index in [0.29, 0.717) is 10.2 Å². The van der Waals surface area contributed by atoms with Crippen LogP contribution in [0.2, 0.25) is 0 Å². The Labute approximate surface area is 102 Å². The summed E-state index contributed by atoms with van der Waals surface area (Å²) in [5.41, 5.74) is 0.0486. The molecule has 5 heteroatoms. The van der Waals surface area contributed by atoms with Gasteiger partial charge < -0.3 is 14.8 Å². The van der Waals surface area contributed by atoms with Gasteiger partial charge >= 0.3 is 0 Å². The zero-order valence-electron chi connectivity index (χ0n) is 8.83. The number of amides is 1. The first-order valence-electron chi connectivity index (χ1n) is 5.33. The van der Waals surface area contributed by atoms with Crippen LogP contribution in [-0.2, 0) is 0 Å². The number of carbonyl (C=O) groups excluding carboxylic acids is 1. The summed E-state index contributed by atoms with van der Waals surface area (Å²) in [6.45, 7) is -0.00222. The van der Waals surface area contributed by atoms with Crippen LogP contribution in [0.3, 0.4) is 0 Å². The van der Waals surface area contributed by atoms with Crippen molar-refractivity contribution in [3.8, 4) is 0 Å². The third-order valence-electron chi connectivity index (χ3n) is 3.07. The van der Waals surface area contributed by atoms with E-state index in [4.69, 9.17) is 4.42 Å². The van der Waals surface area contributed by atoms with Crippen molar-refractivity contribution in [2.24, 2.45) is 0 Å². The zero-order valence-corrected chi connectivity index (χ0v) is 10.4. The van der Waals surface area contributed by atoms with Gasteiger partial charge in [-0.1, -0.05) is 12.8 Å². The molecule has 1 aliphatic rings. The summed E-state index contributed by atoms with van der Waals surface area (Å²) < 4.78 is 5.54. The molecule has 0 spiro atoms. The third kappa shape index (κ3) is 2.30. The van der Waals surface area contributed by atoms with Gasteiger partial charge in [0.2, 0.25) is 0 Å². The molecule has 0 aromatic carbocycles. The van der Waals surface area contributed by atoms with Gasteiger partial charge in [0.1, 0.15) is 6.26 Å². The number of aliphatic hydroxyl groups excluding tert-OH is 1. The van der Waals surface area contributed by atoms with Gasteiger partial charge in [0.05, 0.1) is 17.7 Å². The largest absolute Gasteiger partial charge is 0.457 e. The summed E-state index contributed by atoms with van der Waals surface area (Å²) in [6, 6.07) is 1.62. The van der Waals surface area contributed by atoms with Gasteiger partial charge in [-0.15, -0.1) is 0 Å². The van der Waals surface area contributed by atoms with Gasteiger partial charge in [0.25, 0.3) is 5.91 Å². The average molecular weight is 288 g/mol. The van der Waals surface area contributed by atoms with Crippen LogP contribution in [0.15, 0.2) is 21.4 Å². The Hall–Kier alpha value is -0.810. The van der Waals surface area contributed by atoms with Gasteiger partial charge in [0.15, 0.2) is 4.67 Å². The van der Waals surface area contributed by atoms with Crippen molar-refractivity contribution in [2.45, 2.75) is 31.2 Å². The summed E-state index contributed by atoms with van der Waals surface area (Å²) in [6.07, 6.45) is 5.19. The molecule has 4 nitrogen and oxygen atoms in total. The van der Waals surface area contributed by atoms with Crippen LogP contribution >= 0.6 is 15.9 Å². The predicted molar refractivity (Wildman–Crippen MR) is 62.2 cm³/mol. The lowest BCUT2D eigenvalue weighted by molar-refractivity contribution is 0.0838. The van der Waals surface area contributed by atoms with E-state index in [2.05, 4.69) is 21.2 Å². The van der Waals surface area contributed by atoms with Crippen LogP contribution in [0.5, 0.6) is 0 Å². The number of hydrogen-bond donors (Lipinski definition) is 2. The molecule has 0 saturated heterocycles. The second-order valence-corrected chi connectivity index (χ2v) is 5.02. The summed E-state index contributed by atoms with van der Waals surface area (Å²) in [7, 11) is 0. The average Bonchev–Trinajstić information content (AvgIpc) is 2.88. The van der Waals surface area contributed by atoms with Gasteiger partial charge in [-0.2, -0.15) is 0 Å². The minimum Gasteiger partial charge on any atom is -0.457 e. The number of carbonyl (C=O) groups is 1. The highest BCUT2D eigenvalue weighted by molar-refractivity contribution is 9.10. The van der Waals surface area contributed by atoms with Crippen molar-refractivity contribution in [2.75, 3.05) is 6.61 Å². The van der Waals surface area contributed by atoms with Crippen LogP contribution in [0.4, 0.5) is 0 Å². The standard InChI is InChI=1S/C11H14BrNO3/c12-9-5-8(6-16-9)10(15)13-11(7-14)3-1-2-4-11/h5-6,14H,1-4,7H2,(H,13,15). The molecule has 2 N–H and O–H groups in total. The first kappa shape index (κ1) is 11.7. The third-order valence-corrected chi connectivity index (χ3v) is 3.49. The van der Waals surface area contributed by atoms with Crippen LogP contribution in [0.25, 0.3) is 0 Å². The molecule has 1 heterocycles. The van der Waals surface area contributed by atoms with E-state index in [-0.39, 0.29) is 12.5 Å². The highest BCUT2D eigenvalue weighted by Gasteiger charge is 2.35. The number of hydrogen-bond acceptors (Lipinski definition) is 3. The smallest absolute Gasteiger partial charge is 0.255 e. The van der Waals surface area contributed by atoms with Crippen molar-refractivity contribution < 1.29 is 14.3 Å². The fourth-order valence-electron chi connectivity index (χ4n) is 2.12. The molecule has 1 saturated carbocycles. The second kappa shape index (κ2) is 4.59. The van der Waals surface area contributed by atoms with Gasteiger partial charge in [0, 0.05) is 6.07 Å². The Morgan fingerprint density at radius 1 is 1.56 bits per heavy atom. The maximum Gasteiger partial charge on any atom is 0.255 e. The van der Waals surface area contributed by atoms with E-state index in [0.717, 1.165) is 25.7 Å². The molecule has 0 aliphatic heterocycles. The molecule has 1 aromatic rings. The van der Waals surface area contributed by atoms with E-state index in [1.165, 1.54) is 6.26 Å². The Morgan fingerprint density at radius 2 is 2.25 bits per heavy atom. The van der Waals surface area contributed by atoms with Crippen LogP contribution in [-0.4, -0.2) is 23.2 Å². The van der Waals surface area contributed by atoms with Crippen LogP contribution in [0.1, 0.15) is 36.0 Å². The van der Waals surface area contributed by atoms with E-state index >= 15 is 0 Å². The van der Waals surface area contributed by atoms with Crippen molar-refractivity contribution >= 4 is 21.8 Å². The highest BCUT2D eigenvalue weighted by atomic mass is 79.9. The normalized spacial score (nSPS) is 18.6. The van der Waals surface area contributed by atoms with Crippen molar-refractivity contribution in [3.05, 3.63) is 22.6 Å². The monoisotopic (exact) mass is 287 g/mol. The number of halogens is 1. The van der Waals surface area contributed by atoms with Crippen molar-refractivity contribution in [1.29, 1.82) is 0 Å². The van der Waals surface area contributed by atoms with E-state index in [1.54, 1.807) is 6.07 Å². The predicted octanol–water partition coefficient (Wildman–Crippen LogP) is 2.08. The lowest BCUT2D eigenvalue weighted by Crippen LogP contribution is -2.49. The first-order valence-corrected chi connectivity index (χ1v) is 6.12. The fraction of sp³-hybridized carbons (Fsp3) is 0.545. The summed E-state index contributed by atoms with van der Waals surface area (Å²) >= 11 is 3.15. The molecule has 2 rings (SSSR count). The van der Waals surface area contributed by atoms with Crippen LogP contribution in [0, 0.1) is 0 Å². The molecule has 0 atom stereocenters. The molecular weight excluding hydrogens is 274 g/mol. The van der Waals surface area contributed by atoms with E-state index in [9.17, 15) is 9.90 Å². The maximum absolute atomic E-state index is 11.9. The minimum absolute atomic E-state index is 0.00222. The molecule has 1 amide bonds. The Bertz CT molecular complexity index is 382. The van der Waals surface area contributed by atoms with E-state index in [1.807, 2.05) is 0 Å². The first-order chi connectivity index (χ1) is 7.65. The van der Waals surface area contributed by atoms with Crippen molar-refractivity contribution in [3.63, 3.8) is 0 Å². The van der Waals surface area contributed by atoms with Gasteiger partial charge in [-0.25, -0.2) is 0 Å². The Morgan fingerprint density at radius 3 is 2.75 bits per heavy atom. The van der Waals surface area contributed by atoms with Gasteiger partial charge in [-0.3, -0.25) is 4.79 Å². The fourth-order valence-corrected chi connectivity index (χ4v) is 2.46.